The highest BCUT2D eigenvalue weighted by atomic mass is 35.5. The van der Waals surface area contributed by atoms with Gasteiger partial charge >= 0.3 is 0 Å². The van der Waals surface area contributed by atoms with E-state index in [1.807, 2.05) is 12.1 Å². The van der Waals surface area contributed by atoms with Crippen molar-refractivity contribution < 1.29 is 4.79 Å². The third-order valence-corrected chi connectivity index (χ3v) is 5.14. The van der Waals surface area contributed by atoms with E-state index in [9.17, 15) is 4.79 Å². The number of rotatable bonds is 1. The first-order chi connectivity index (χ1) is 9.66. The number of likely N-dealkylation sites (tertiary alicyclic amines) is 1. The molecule has 0 saturated carbocycles. The molecule has 4 heteroatoms. The molecule has 0 aromatic heterocycles. The Morgan fingerprint density at radius 2 is 1.76 bits per heavy atom. The number of carbonyl (C=O) groups excluding carboxylic acids is 1. The molecule has 2 aliphatic rings. The van der Waals surface area contributed by atoms with Gasteiger partial charge in [0.2, 0.25) is 0 Å². The van der Waals surface area contributed by atoms with E-state index in [0.29, 0.717) is 0 Å². The van der Waals surface area contributed by atoms with Crippen LogP contribution in [0.25, 0.3) is 0 Å². The maximum atomic E-state index is 12.8. The molecule has 2 saturated heterocycles. The standard InChI is InChI=1S/C17H24N2O.ClH/c1-12-4-3-5-16(13(12)2)17(20)19-8-6-14-10-18-11-15(14)7-9-19;/h3-5,14-15,18H,6-11H2,1-2H3;1H/t14-,15+;. The van der Waals surface area contributed by atoms with E-state index in [4.69, 9.17) is 0 Å². The van der Waals surface area contributed by atoms with Gasteiger partial charge in [0.1, 0.15) is 0 Å². The van der Waals surface area contributed by atoms with Gasteiger partial charge in [-0.3, -0.25) is 4.79 Å². The summed E-state index contributed by atoms with van der Waals surface area (Å²) in [5.74, 6) is 1.76. The maximum absolute atomic E-state index is 12.8. The number of carbonyl (C=O) groups is 1. The van der Waals surface area contributed by atoms with Crippen molar-refractivity contribution in [1.29, 1.82) is 0 Å². The average Bonchev–Trinajstić information content (AvgIpc) is 2.80. The van der Waals surface area contributed by atoms with Gasteiger partial charge in [0.05, 0.1) is 0 Å². The average molecular weight is 309 g/mol. The molecule has 3 rings (SSSR count). The fraction of sp³-hybridized carbons (Fsp3) is 0.588. The molecule has 2 atom stereocenters. The van der Waals surface area contributed by atoms with Gasteiger partial charge in [-0.25, -0.2) is 0 Å². The van der Waals surface area contributed by atoms with Crippen molar-refractivity contribution in [2.24, 2.45) is 11.8 Å². The molecule has 21 heavy (non-hydrogen) atoms. The second-order valence-electron chi connectivity index (χ2n) is 6.30. The lowest BCUT2D eigenvalue weighted by molar-refractivity contribution is 0.0757. The van der Waals surface area contributed by atoms with Crippen LogP contribution in [0, 0.1) is 25.7 Å². The molecule has 0 unspecified atom stereocenters. The number of halogens is 1. The van der Waals surface area contributed by atoms with Crippen LogP contribution in [-0.2, 0) is 0 Å². The number of fused-ring (bicyclic) bond motifs is 1. The smallest absolute Gasteiger partial charge is 0.254 e. The van der Waals surface area contributed by atoms with Crippen LogP contribution in [0.1, 0.15) is 34.3 Å². The molecule has 1 amide bonds. The van der Waals surface area contributed by atoms with Crippen LogP contribution in [0.2, 0.25) is 0 Å². The van der Waals surface area contributed by atoms with Crippen LogP contribution < -0.4 is 5.32 Å². The van der Waals surface area contributed by atoms with E-state index in [2.05, 4.69) is 30.1 Å². The number of nitrogens with zero attached hydrogens (tertiary/aromatic N) is 1. The molecule has 1 N–H and O–H groups in total. The molecule has 2 fully saturated rings. The largest absolute Gasteiger partial charge is 0.339 e. The summed E-state index contributed by atoms with van der Waals surface area (Å²) in [5, 5.41) is 3.48. The normalized spacial score (nSPS) is 25.0. The summed E-state index contributed by atoms with van der Waals surface area (Å²) >= 11 is 0. The summed E-state index contributed by atoms with van der Waals surface area (Å²) in [5.41, 5.74) is 3.21. The number of nitrogens with one attached hydrogen (secondary N) is 1. The molecule has 2 aliphatic heterocycles. The quantitative estimate of drug-likeness (QED) is 0.865. The number of hydrogen-bond acceptors (Lipinski definition) is 2. The van der Waals surface area contributed by atoms with Crippen LogP contribution in [0.15, 0.2) is 18.2 Å². The van der Waals surface area contributed by atoms with Gasteiger partial charge in [-0.05, 0) is 68.8 Å². The van der Waals surface area contributed by atoms with Crippen molar-refractivity contribution in [2.75, 3.05) is 26.2 Å². The van der Waals surface area contributed by atoms with Crippen molar-refractivity contribution in [1.82, 2.24) is 10.2 Å². The number of amides is 1. The Kier molecular flexibility index (Phi) is 5.28. The van der Waals surface area contributed by atoms with Crippen molar-refractivity contribution in [3.8, 4) is 0 Å². The molecule has 0 spiro atoms. The molecule has 0 bridgehead atoms. The van der Waals surface area contributed by atoms with E-state index in [0.717, 1.165) is 62.0 Å². The Morgan fingerprint density at radius 3 is 2.38 bits per heavy atom. The van der Waals surface area contributed by atoms with Crippen LogP contribution in [0.5, 0.6) is 0 Å². The summed E-state index contributed by atoms with van der Waals surface area (Å²) in [6.45, 7) is 8.22. The second-order valence-corrected chi connectivity index (χ2v) is 6.30. The zero-order valence-corrected chi connectivity index (χ0v) is 13.7. The highest BCUT2D eigenvalue weighted by Crippen LogP contribution is 2.28. The van der Waals surface area contributed by atoms with Crippen LogP contribution in [0.4, 0.5) is 0 Å². The molecule has 0 aliphatic carbocycles. The lowest BCUT2D eigenvalue weighted by Gasteiger charge is -2.22. The minimum Gasteiger partial charge on any atom is -0.339 e. The molecule has 1 aromatic carbocycles. The van der Waals surface area contributed by atoms with Crippen LogP contribution in [0.3, 0.4) is 0 Å². The third-order valence-electron chi connectivity index (χ3n) is 5.14. The summed E-state index contributed by atoms with van der Waals surface area (Å²) in [6, 6.07) is 6.04. The zero-order chi connectivity index (χ0) is 14.1. The van der Waals surface area contributed by atoms with Crippen molar-refractivity contribution in [3.05, 3.63) is 34.9 Å². The van der Waals surface area contributed by atoms with Crippen molar-refractivity contribution in [2.45, 2.75) is 26.7 Å². The molecular formula is C17H25ClN2O. The van der Waals surface area contributed by atoms with Crippen molar-refractivity contribution >= 4 is 18.3 Å². The first kappa shape index (κ1) is 16.3. The fourth-order valence-corrected chi connectivity index (χ4v) is 3.57. The van der Waals surface area contributed by atoms with Gasteiger partial charge in [-0.2, -0.15) is 0 Å². The van der Waals surface area contributed by atoms with Gasteiger partial charge in [0, 0.05) is 18.7 Å². The van der Waals surface area contributed by atoms with E-state index in [1.54, 1.807) is 0 Å². The molecule has 2 heterocycles. The Labute approximate surface area is 133 Å². The molecule has 0 radical (unpaired) electrons. The Balaban J connectivity index is 0.00000161. The number of aryl methyl sites for hydroxylation is 1. The highest BCUT2D eigenvalue weighted by molar-refractivity contribution is 5.96. The van der Waals surface area contributed by atoms with E-state index in [1.165, 1.54) is 5.56 Å². The van der Waals surface area contributed by atoms with Gasteiger partial charge in [0.15, 0.2) is 0 Å². The minimum atomic E-state index is 0. The molecule has 116 valence electrons. The SMILES string of the molecule is Cc1cccc(C(=O)N2CC[C@@H]3CNC[C@@H]3CC2)c1C.Cl. The first-order valence-corrected chi connectivity index (χ1v) is 7.73. The van der Waals surface area contributed by atoms with Crippen LogP contribution >= 0.6 is 12.4 Å². The Bertz CT molecular complexity index is 504. The van der Waals surface area contributed by atoms with E-state index in [-0.39, 0.29) is 18.3 Å². The van der Waals surface area contributed by atoms with E-state index < -0.39 is 0 Å². The van der Waals surface area contributed by atoms with E-state index >= 15 is 0 Å². The fourth-order valence-electron chi connectivity index (χ4n) is 3.57. The highest BCUT2D eigenvalue weighted by Gasteiger charge is 2.31. The lowest BCUT2D eigenvalue weighted by Crippen LogP contribution is -2.33. The first-order valence-electron chi connectivity index (χ1n) is 7.73. The number of benzene rings is 1. The predicted molar refractivity (Wildman–Crippen MR) is 88.2 cm³/mol. The molecular weight excluding hydrogens is 284 g/mol. The minimum absolute atomic E-state index is 0. The summed E-state index contributed by atoms with van der Waals surface area (Å²) < 4.78 is 0. The second kappa shape index (κ2) is 6.80. The van der Waals surface area contributed by atoms with Gasteiger partial charge in [-0.15, -0.1) is 12.4 Å². The van der Waals surface area contributed by atoms with Gasteiger partial charge in [0.25, 0.3) is 5.91 Å². The monoisotopic (exact) mass is 308 g/mol. The maximum Gasteiger partial charge on any atom is 0.254 e. The Morgan fingerprint density at radius 1 is 1.14 bits per heavy atom. The zero-order valence-electron chi connectivity index (χ0n) is 12.9. The van der Waals surface area contributed by atoms with Crippen molar-refractivity contribution in [3.63, 3.8) is 0 Å². The third kappa shape index (κ3) is 3.24. The topological polar surface area (TPSA) is 32.3 Å². The van der Waals surface area contributed by atoms with Gasteiger partial charge < -0.3 is 10.2 Å². The van der Waals surface area contributed by atoms with Crippen LogP contribution in [-0.4, -0.2) is 37.0 Å². The summed E-state index contributed by atoms with van der Waals surface area (Å²) in [6.07, 6.45) is 2.29. The number of hydrogen-bond donors (Lipinski definition) is 1. The molecule has 1 aromatic rings. The van der Waals surface area contributed by atoms with Gasteiger partial charge in [-0.1, -0.05) is 12.1 Å². The molecule has 3 nitrogen and oxygen atoms in total. The lowest BCUT2D eigenvalue weighted by atomic mass is 9.92. The summed E-state index contributed by atoms with van der Waals surface area (Å²) in [4.78, 5) is 14.8. The summed E-state index contributed by atoms with van der Waals surface area (Å²) in [7, 11) is 0. The Hall–Kier alpha value is -1.06. The predicted octanol–water partition coefficient (Wildman–Crippen LogP) is 2.80.